The molecule has 0 aliphatic rings. The smallest absolute Gasteiger partial charge is 0.0897 e. The molecule has 0 amide bonds. The summed E-state index contributed by atoms with van der Waals surface area (Å²) in [7, 11) is 2.00. The lowest BCUT2D eigenvalue weighted by Gasteiger charge is -2.14. The van der Waals surface area contributed by atoms with E-state index >= 15 is 0 Å². The van der Waals surface area contributed by atoms with Gasteiger partial charge in [-0.3, -0.25) is 4.68 Å². The highest BCUT2D eigenvalue weighted by molar-refractivity contribution is 7.09. The normalized spacial score (nSPS) is 12.9. The maximum Gasteiger partial charge on any atom is 0.0897 e. The van der Waals surface area contributed by atoms with Crippen molar-refractivity contribution in [1.82, 2.24) is 20.1 Å². The maximum atomic E-state index is 4.48. The van der Waals surface area contributed by atoms with Gasteiger partial charge in [-0.1, -0.05) is 0 Å². The fraction of sp³-hybridized carbons (Fsp3) is 0.571. The predicted molar refractivity (Wildman–Crippen MR) is 79.7 cm³/mol. The Morgan fingerprint density at radius 1 is 1.37 bits per heavy atom. The van der Waals surface area contributed by atoms with Crippen LogP contribution in [-0.2, 0) is 13.5 Å². The first-order chi connectivity index (χ1) is 8.99. The van der Waals surface area contributed by atoms with Gasteiger partial charge in [0, 0.05) is 42.7 Å². The number of aromatic nitrogens is 3. The van der Waals surface area contributed by atoms with E-state index in [1.807, 2.05) is 18.7 Å². The van der Waals surface area contributed by atoms with Gasteiger partial charge < -0.3 is 5.32 Å². The van der Waals surface area contributed by atoms with Crippen molar-refractivity contribution in [1.29, 1.82) is 0 Å². The van der Waals surface area contributed by atoms with Crippen LogP contribution in [0.15, 0.2) is 5.38 Å². The number of rotatable bonds is 5. The Balaban J connectivity index is 1.92. The van der Waals surface area contributed by atoms with Gasteiger partial charge in [0.1, 0.15) is 0 Å². The van der Waals surface area contributed by atoms with Gasteiger partial charge in [-0.2, -0.15) is 5.10 Å². The Morgan fingerprint density at radius 3 is 2.63 bits per heavy atom. The molecule has 0 aromatic carbocycles. The molecule has 2 aromatic rings. The van der Waals surface area contributed by atoms with Crippen molar-refractivity contribution >= 4 is 11.3 Å². The fourth-order valence-electron chi connectivity index (χ4n) is 2.46. The molecule has 5 heteroatoms. The maximum absolute atomic E-state index is 4.48. The molecule has 0 aliphatic carbocycles. The molecule has 0 saturated carbocycles. The van der Waals surface area contributed by atoms with Gasteiger partial charge in [-0.25, -0.2) is 4.98 Å². The first-order valence-corrected chi connectivity index (χ1v) is 7.51. The van der Waals surface area contributed by atoms with Crippen LogP contribution >= 0.6 is 11.3 Å². The summed E-state index contributed by atoms with van der Waals surface area (Å²) in [6.45, 7) is 9.38. The highest BCUT2D eigenvalue weighted by Crippen LogP contribution is 2.20. The van der Waals surface area contributed by atoms with Crippen molar-refractivity contribution < 1.29 is 0 Å². The van der Waals surface area contributed by atoms with E-state index in [2.05, 4.69) is 41.6 Å². The largest absolute Gasteiger partial charge is 0.310 e. The summed E-state index contributed by atoms with van der Waals surface area (Å²) in [6, 6.07) is 0.327. The zero-order chi connectivity index (χ0) is 14.0. The van der Waals surface area contributed by atoms with E-state index in [4.69, 9.17) is 0 Å². The van der Waals surface area contributed by atoms with Crippen LogP contribution in [0.3, 0.4) is 0 Å². The summed E-state index contributed by atoms with van der Waals surface area (Å²) in [5, 5.41) is 11.3. The average Bonchev–Trinajstić information content (AvgIpc) is 2.84. The minimum Gasteiger partial charge on any atom is -0.310 e. The molecule has 0 saturated heterocycles. The summed E-state index contributed by atoms with van der Waals surface area (Å²) >= 11 is 1.72. The highest BCUT2D eigenvalue weighted by atomic mass is 32.1. The molecule has 2 aromatic heterocycles. The molecule has 0 bridgehead atoms. The van der Waals surface area contributed by atoms with Gasteiger partial charge in [0.2, 0.25) is 0 Å². The molecule has 4 nitrogen and oxygen atoms in total. The van der Waals surface area contributed by atoms with Crippen molar-refractivity contribution in [2.24, 2.45) is 7.05 Å². The first kappa shape index (κ1) is 14.2. The molecule has 19 heavy (non-hydrogen) atoms. The molecule has 2 rings (SSSR count). The quantitative estimate of drug-likeness (QED) is 0.914. The van der Waals surface area contributed by atoms with Crippen LogP contribution in [0.4, 0.5) is 0 Å². The lowest BCUT2D eigenvalue weighted by Crippen LogP contribution is -2.22. The number of nitrogens with one attached hydrogen (secondary N) is 1. The number of aryl methyl sites for hydroxylation is 3. The second-order valence-electron chi connectivity index (χ2n) is 4.99. The molecule has 0 radical (unpaired) electrons. The summed E-state index contributed by atoms with van der Waals surface area (Å²) in [5.41, 5.74) is 4.85. The summed E-state index contributed by atoms with van der Waals surface area (Å²) in [4.78, 5) is 4.48. The van der Waals surface area contributed by atoms with Crippen LogP contribution in [-0.4, -0.2) is 21.3 Å². The molecular weight excluding hydrogens is 256 g/mol. The van der Waals surface area contributed by atoms with E-state index in [1.54, 1.807) is 11.3 Å². The van der Waals surface area contributed by atoms with E-state index in [0.29, 0.717) is 6.04 Å². The van der Waals surface area contributed by atoms with Crippen LogP contribution in [0.2, 0.25) is 0 Å². The number of hydrogen-bond donors (Lipinski definition) is 1. The molecule has 0 aliphatic heterocycles. The van der Waals surface area contributed by atoms with Gasteiger partial charge in [0.05, 0.1) is 16.4 Å². The number of hydrogen-bond acceptors (Lipinski definition) is 4. The molecular formula is C14H22N4S. The van der Waals surface area contributed by atoms with Gasteiger partial charge >= 0.3 is 0 Å². The Bertz CT molecular complexity index is 556. The van der Waals surface area contributed by atoms with Crippen LogP contribution in [0.5, 0.6) is 0 Å². The van der Waals surface area contributed by atoms with Gasteiger partial charge in [-0.15, -0.1) is 11.3 Å². The third-order valence-corrected chi connectivity index (χ3v) is 4.32. The SMILES string of the molecule is Cc1nc(CCNC(C)c2c(C)nn(C)c2C)cs1. The standard InChI is InChI=1S/C14H22N4S/c1-9(14-10(2)17-18(5)11(14)3)15-7-6-13-8-19-12(4)16-13/h8-9,15H,6-7H2,1-5H3. The lowest BCUT2D eigenvalue weighted by molar-refractivity contribution is 0.568. The third kappa shape index (κ3) is 3.22. The van der Waals surface area contributed by atoms with Crippen molar-refractivity contribution in [2.75, 3.05) is 6.54 Å². The Kier molecular flexibility index (Phi) is 4.37. The molecule has 2 heterocycles. The molecule has 1 unspecified atom stereocenters. The fourth-order valence-corrected chi connectivity index (χ4v) is 3.11. The highest BCUT2D eigenvalue weighted by Gasteiger charge is 2.15. The monoisotopic (exact) mass is 278 g/mol. The predicted octanol–water partition coefficient (Wildman–Crippen LogP) is 2.70. The molecule has 1 atom stereocenters. The van der Waals surface area contributed by atoms with Crippen LogP contribution in [0.25, 0.3) is 0 Å². The van der Waals surface area contributed by atoms with Crippen molar-refractivity contribution in [2.45, 2.75) is 40.2 Å². The first-order valence-electron chi connectivity index (χ1n) is 6.63. The van der Waals surface area contributed by atoms with Gasteiger partial charge in [0.25, 0.3) is 0 Å². The van der Waals surface area contributed by atoms with E-state index in [9.17, 15) is 0 Å². The van der Waals surface area contributed by atoms with Crippen LogP contribution in [0, 0.1) is 20.8 Å². The Hall–Kier alpha value is -1.20. The molecule has 0 fully saturated rings. The van der Waals surface area contributed by atoms with Gasteiger partial charge in [-0.05, 0) is 27.7 Å². The molecule has 1 N–H and O–H groups in total. The van der Waals surface area contributed by atoms with Crippen LogP contribution < -0.4 is 5.32 Å². The second-order valence-corrected chi connectivity index (χ2v) is 6.05. The molecule has 104 valence electrons. The zero-order valence-corrected chi connectivity index (χ0v) is 13.1. The minimum atomic E-state index is 0.327. The second kappa shape index (κ2) is 5.84. The summed E-state index contributed by atoms with van der Waals surface area (Å²) in [5.74, 6) is 0. The van der Waals surface area contributed by atoms with Gasteiger partial charge in [0.15, 0.2) is 0 Å². The van der Waals surface area contributed by atoms with Crippen molar-refractivity contribution in [3.8, 4) is 0 Å². The van der Waals surface area contributed by atoms with E-state index in [1.165, 1.54) is 17.0 Å². The number of thiazole rings is 1. The Labute approximate surface area is 118 Å². The van der Waals surface area contributed by atoms with Crippen LogP contribution in [0.1, 0.15) is 40.6 Å². The number of nitrogens with zero attached hydrogens (tertiary/aromatic N) is 3. The minimum absolute atomic E-state index is 0.327. The van der Waals surface area contributed by atoms with E-state index in [0.717, 1.165) is 23.7 Å². The van der Waals surface area contributed by atoms with E-state index < -0.39 is 0 Å². The van der Waals surface area contributed by atoms with E-state index in [-0.39, 0.29) is 0 Å². The lowest BCUT2D eigenvalue weighted by atomic mass is 10.1. The topological polar surface area (TPSA) is 42.7 Å². The zero-order valence-electron chi connectivity index (χ0n) is 12.3. The Morgan fingerprint density at radius 2 is 2.11 bits per heavy atom. The summed E-state index contributed by atoms with van der Waals surface area (Å²) in [6.07, 6.45) is 0.979. The summed E-state index contributed by atoms with van der Waals surface area (Å²) < 4.78 is 1.95. The third-order valence-electron chi connectivity index (χ3n) is 3.50. The molecule has 0 spiro atoms. The van der Waals surface area contributed by atoms with Crippen molar-refractivity contribution in [3.05, 3.63) is 33.0 Å². The average molecular weight is 278 g/mol. The van der Waals surface area contributed by atoms with Crippen molar-refractivity contribution in [3.63, 3.8) is 0 Å².